The molecule has 0 saturated carbocycles. The molecule has 2 N–H and O–H groups in total. The van der Waals surface area contributed by atoms with Crippen molar-refractivity contribution in [3.05, 3.63) is 59.7 Å². The number of ether oxygens (including phenoxy) is 3. The second-order valence-corrected chi connectivity index (χ2v) is 7.89. The smallest absolute Gasteiger partial charge is 0.251 e. The number of carbonyl (C=O) groups is 1. The van der Waals surface area contributed by atoms with Gasteiger partial charge in [0, 0.05) is 11.1 Å². The highest BCUT2D eigenvalue weighted by atomic mass is 16.5. The summed E-state index contributed by atoms with van der Waals surface area (Å²) in [7, 11) is 1.67. The fraction of sp³-hybridized carbons (Fsp3) is 0.480. The quantitative estimate of drug-likeness (QED) is 0.542. The molecule has 1 fully saturated rings. The minimum atomic E-state index is -0.0660. The van der Waals surface area contributed by atoms with Crippen molar-refractivity contribution in [3.63, 3.8) is 0 Å². The molecule has 1 aliphatic heterocycles. The molecule has 1 heterocycles. The summed E-state index contributed by atoms with van der Waals surface area (Å²) in [5, 5.41) is 3.13. The van der Waals surface area contributed by atoms with Crippen LogP contribution in [0.3, 0.4) is 0 Å². The highest BCUT2D eigenvalue weighted by molar-refractivity contribution is 5.94. The summed E-state index contributed by atoms with van der Waals surface area (Å²) in [6.45, 7) is 6.80. The minimum Gasteiger partial charge on any atom is -0.497 e. The molecular formula is C25H35N2O4+. The Morgan fingerprint density at radius 1 is 1.03 bits per heavy atom. The van der Waals surface area contributed by atoms with Gasteiger partial charge >= 0.3 is 0 Å². The molecule has 1 amide bonds. The van der Waals surface area contributed by atoms with Crippen LogP contribution in [0.5, 0.6) is 11.5 Å². The molecule has 0 aliphatic carbocycles. The van der Waals surface area contributed by atoms with Crippen molar-refractivity contribution in [3.8, 4) is 11.5 Å². The second-order valence-electron chi connectivity index (χ2n) is 7.89. The zero-order valence-electron chi connectivity index (χ0n) is 18.7. The summed E-state index contributed by atoms with van der Waals surface area (Å²) in [5.41, 5.74) is 1.83. The number of morpholine rings is 1. The SMILES string of the molecule is CCCCCOc1ccc(C(=O)NC[C@H](c2ccc(OC)cc2)[NH+]2CCOCC2)cc1. The summed E-state index contributed by atoms with van der Waals surface area (Å²) >= 11 is 0. The molecule has 6 heteroatoms. The monoisotopic (exact) mass is 427 g/mol. The third-order valence-corrected chi connectivity index (χ3v) is 5.75. The standard InChI is InChI=1S/C25H34N2O4/c1-3-4-5-16-31-23-12-8-21(9-13-23)25(28)26-19-24(27-14-17-30-18-15-27)20-6-10-22(29-2)11-7-20/h6-13,24H,3-5,14-19H2,1-2H3,(H,26,28)/p+1/t24-/m1/s1. The van der Waals surface area contributed by atoms with Gasteiger partial charge in [0.05, 0.1) is 33.5 Å². The predicted octanol–water partition coefficient (Wildman–Crippen LogP) is 2.65. The van der Waals surface area contributed by atoms with Crippen molar-refractivity contribution in [2.75, 3.05) is 46.6 Å². The van der Waals surface area contributed by atoms with Gasteiger partial charge in [-0.1, -0.05) is 19.8 Å². The zero-order valence-corrected chi connectivity index (χ0v) is 18.7. The first-order valence-electron chi connectivity index (χ1n) is 11.3. The summed E-state index contributed by atoms with van der Waals surface area (Å²) in [5.74, 6) is 1.57. The number of amides is 1. The number of methoxy groups -OCH3 is 1. The number of hydrogen-bond acceptors (Lipinski definition) is 4. The van der Waals surface area contributed by atoms with Gasteiger partial charge in [-0.05, 0) is 55.0 Å². The molecule has 0 aromatic heterocycles. The number of nitrogens with one attached hydrogen (secondary N) is 2. The molecule has 2 aromatic carbocycles. The Morgan fingerprint density at radius 2 is 1.71 bits per heavy atom. The van der Waals surface area contributed by atoms with Crippen molar-refractivity contribution >= 4 is 5.91 Å². The van der Waals surface area contributed by atoms with E-state index in [0.29, 0.717) is 18.7 Å². The summed E-state index contributed by atoms with van der Waals surface area (Å²) in [6, 6.07) is 15.7. The molecule has 31 heavy (non-hydrogen) atoms. The molecule has 0 spiro atoms. The third kappa shape index (κ3) is 6.97. The van der Waals surface area contributed by atoms with Crippen molar-refractivity contribution in [2.24, 2.45) is 0 Å². The van der Waals surface area contributed by atoms with Crippen LogP contribution in [0, 0.1) is 0 Å². The maximum absolute atomic E-state index is 12.8. The largest absolute Gasteiger partial charge is 0.497 e. The number of hydrogen-bond donors (Lipinski definition) is 2. The number of quaternary nitrogens is 1. The van der Waals surface area contributed by atoms with Gasteiger partial charge in [0.25, 0.3) is 5.91 Å². The van der Waals surface area contributed by atoms with E-state index < -0.39 is 0 Å². The summed E-state index contributed by atoms with van der Waals surface area (Å²) < 4.78 is 16.6. The van der Waals surface area contributed by atoms with Crippen molar-refractivity contribution in [2.45, 2.75) is 32.2 Å². The molecule has 0 radical (unpaired) electrons. The first-order valence-corrected chi connectivity index (χ1v) is 11.3. The molecule has 1 aliphatic rings. The fourth-order valence-electron chi connectivity index (χ4n) is 3.86. The van der Waals surface area contributed by atoms with Crippen LogP contribution < -0.4 is 19.7 Å². The molecule has 2 aromatic rings. The lowest BCUT2D eigenvalue weighted by atomic mass is 10.0. The van der Waals surface area contributed by atoms with Crippen LogP contribution >= 0.6 is 0 Å². The van der Waals surface area contributed by atoms with E-state index in [2.05, 4.69) is 24.4 Å². The third-order valence-electron chi connectivity index (χ3n) is 5.75. The molecule has 0 bridgehead atoms. The Labute approximate surface area is 185 Å². The predicted molar refractivity (Wildman–Crippen MR) is 121 cm³/mol. The Bertz CT molecular complexity index is 786. The van der Waals surface area contributed by atoms with E-state index in [0.717, 1.165) is 44.2 Å². The molecule has 1 saturated heterocycles. The van der Waals surface area contributed by atoms with Crippen molar-refractivity contribution in [1.82, 2.24) is 5.32 Å². The topological polar surface area (TPSA) is 61.2 Å². The number of carbonyl (C=O) groups excluding carboxylic acids is 1. The van der Waals surface area contributed by atoms with Gasteiger partial charge in [0.2, 0.25) is 0 Å². The highest BCUT2D eigenvalue weighted by Gasteiger charge is 2.27. The Morgan fingerprint density at radius 3 is 2.35 bits per heavy atom. The summed E-state index contributed by atoms with van der Waals surface area (Å²) in [6.07, 6.45) is 3.39. The van der Waals surface area contributed by atoms with Crippen LogP contribution in [0.25, 0.3) is 0 Å². The molecule has 1 atom stereocenters. The van der Waals surface area contributed by atoms with E-state index in [-0.39, 0.29) is 11.9 Å². The lowest BCUT2D eigenvalue weighted by Gasteiger charge is -2.32. The normalized spacial score (nSPS) is 15.3. The van der Waals surface area contributed by atoms with Gasteiger partial charge in [-0.2, -0.15) is 0 Å². The molecule has 0 unspecified atom stereocenters. The number of unbranched alkanes of at least 4 members (excludes halogenated alkanes) is 2. The highest BCUT2D eigenvalue weighted by Crippen LogP contribution is 2.17. The Hall–Kier alpha value is -2.57. The Kier molecular flexibility index (Phi) is 9.18. The van der Waals surface area contributed by atoms with Gasteiger partial charge in [-0.25, -0.2) is 0 Å². The fourth-order valence-corrected chi connectivity index (χ4v) is 3.86. The zero-order chi connectivity index (χ0) is 21.9. The lowest BCUT2D eigenvalue weighted by Crippen LogP contribution is -3.15. The molecule has 3 rings (SSSR count). The summed E-state index contributed by atoms with van der Waals surface area (Å²) in [4.78, 5) is 14.2. The van der Waals surface area contributed by atoms with E-state index in [9.17, 15) is 4.79 Å². The van der Waals surface area contributed by atoms with Crippen LogP contribution in [-0.4, -0.2) is 52.5 Å². The van der Waals surface area contributed by atoms with Gasteiger partial charge in [0.15, 0.2) is 0 Å². The van der Waals surface area contributed by atoms with Gasteiger partial charge in [-0.3, -0.25) is 4.79 Å². The maximum Gasteiger partial charge on any atom is 0.251 e. The molecule has 6 nitrogen and oxygen atoms in total. The van der Waals surface area contributed by atoms with E-state index in [4.69, 9.17) is 14.2 Å². The first kappa shape index (κ1) is 23.1. The van der Waals surface area contributed by atoms with Gasteiger partial charge in [0.1, 0.15) is 30.6 Å². The minimum absolute atomic E-state index is 0.0660. The average Bonchev–Trinajstić information content (AvgIpc) is 2.83. The van der Waals surface area contributed by atoms with Crippen LogP contribution in [-0.2, 0) is 4.74 Å². The second kappa shape index (κ2) is 12.3. The maximum atomic E-state index is 12.8. The van der Waals surface area contributed by atoms with Crippen LogP contribution in [0.4, 0.5) is 0 Å². The molecular weight excluding hydrogens is 392 g/mol. The number of rotatable bonds is 11. The van der Waals surface area contributed by atoms with Crippen LogP contribution in [0.1, 0.15) is 48.1 Å². The van der Waals surface area contributed by atoms with E-state index in [1.165, 1.54) is 23.3 Å². The first-order chi connectivity index (χ1) is 15.2. The van der Waals surface area contributed by atoms with E-state index >= 15 is 0 Å². The van der Waals surface area contributed by atoms with Gasteiger partial charge in [-0.15, -0.1) is 0 Å². The Balaban J connectivity index is 1.60. The lowest BCUT2D eigenvalue weighted by molar-refractivity contribution is -0.937. The van der Waals surface area contributed by atoms with Crippen LogP contribution in [0.15, 0.2) is 48.5 Å². The number of benzene rings is 2. The van der Waals surface area contributed by atoms with Crippen molar-refractivity contribution < 1.29 is 23.9 Å². The van der Waals surface area contributed by atoms with E-state index in [1.54, 1.807) is 7.11 Å². The average molecular weight is 428 g/mol. The molecule has 168 valence electrons. The van der Waals surface area contributed by atoms with Gasteiger partial charge < -0.3 is 24.4 Å². The van der Waals surface area contributed by atoms with Crippen molar-refractivity contribution in [1.29, 1.82) is 0 Å². The van der Waals surface area contributed by atoms with Crippen LogP contribution in [0.2, 0.25) is 0 Å². The van der Waals surface area contributed by atoms with E-state index in [1.807, 2.05) is 36.4 Å².